The molecule has 0 aromatic carbocycles. The van der Waals surface area contributed by atoms with Crippen LogP contribution in [0.5, 0.6) is 0 Å². The molecule has 0 saturated heterocycles. The molecule has 4 fully saturated rings. The molecule has 4 nitrogen and oxygen atoms in total. The molecule has 4 rings (SSSR count). The number of carbonyl (C=O) groups is 1. The Hall–Kier alpha value is -0.490. The second kappa shape index (κ2) is 8.22. The van der Waals surface area contributed by atoms with E-state index in [4.69, 9.17) is 0 Å². The fraction of sp³-hybridized carbons (Fsp3) is 0.957. The van der Waals surface area contributed by atoms with E-state index >= 15 is 0 Å². The lowest BCUT2D eigenvalue weighted by Crippen LogP contribution is -2.54. The van der Waals surface area contributed by atoms with Crippen molar-refractivity contribution < 1.29 is 17.9 Å². The van der Waals surface area contributed by atoms with Gasteiger partial charge in [0, 0.05) is 17.7 Å². The molecule has 1 N–H and O–H groups in total. The standard InChI is InChI=1S/C23H38FNO3S/c1-22-14-12-18-16(9-11-19-20(24)6-4-13-23(18,19)2)17(22)10-8-15(22)5-3-7-21(26)25-29(27)28/h15-20H,3-14H2,1-2H3,(H,25,26)(H,27,28)/p-1. The quantitative estimate of drug-likeness (QED) is 0.625. The lowest BCUT2D eigenvalue weighted by molar-refractivity contribution is -0.130. The molecule has 166 valence electrons. The predicted octanol–water partition coefficient (Wildman–Crippen LogP) is 5.06. The van der Waals surface area contributed by atoms with Gasteiger partial charge in [-0.05, 0) is 111 Å². The van der Waals surface area contributed by atoms with Crippen LogP contribution in [-0.2, 0) is 16.1 Å². The average Bonchev–Trinajstić information content (AvgIpc) is 2.97. The molecule has 6 heteroatoms. The summed E-state index contributed by atoms with van der Waals surface area (Å²) in [5.41, 5.74) is 0.540. The molecule has 1 amide bonds. The minimum absolute atomic E-state index is 0.200. The molecule has 4 aliphatic rings. The SMILES string of the molecule is CC12CCC3C(CCC4C(F)CCCC43C)C1CCC2CCCC(=O)NS(=O)[O-]. The van der Waals surface area contributed by atoms with Crippen LogP contribution in [0.2, 0.25) is 0 Å². The van der Waals surface area contributed by atoms with Crippen molar-refractivity contribution in [3.8, 4) is 0 Å². The van der Waals surface area contributed by atoms with E-state index in [0.29, 0.717) is 17.3 Å². The van der Waals surface area contributed by atoms with Gasteiger partial charge in [0.15, 0.2) is 0 Å². The van der Waals surface area contributed by atoms with Gasteiger partial charge in [-0.3, -0.25) is 13.7 Å². The number of amides is 1. The van der Waals surface area contributed by atoms with Gasteiger partial charge in [0.25, 0.3) is 0 Å². The second-order valence-corrected chi connectivity index (χ2v) is 11.6. The van der Waals surface area contributed by atoms with Crippen LogP contribution in [0.1, 0.15) is 90.9 Å². The first kappa shape index (κ1) is 21.7. The first-order valence-electron chi connectivity index (χ1n) is 11.8. The summed E-state index contributed by atoms with van der Waals surface area (Å²) in [7, 11) is 0. The van der Waals surface area contributed by atoms with E-state index in [1.54, 1.807) is 0 Å². The van der Waals surface area contributed by atoms with Crippen LogP contribution in [-0.4, -0.2) is 20.8 Å². The zero-order chi connectivity index (χ0) is 20.8. The largest absolute Gasteiger partial charge is 0.755 e. The first-order chi connectivity index (χ1) is 13.8. The third-order valence-electron chi connectivity index (χ3n) is 9.92. The molecule has 4 aliphatic carbocycles. The van der Waals surface area contributed by atoms with E-state index in [0.717, 1.165) is 43.9 Å². The van der Waals surface area contributed by atoms with Crippen LogP contribution in [0.15, 0.2) is 0 Å². The minimum Gasteiger partial charge on any atom is -0.755 e. The highest BCUT2D eigenvalue weighted by Gasteiger charge is 2.60. The van der Waals surface area contributed by atoms with Gasteiger partial charge < -0.3 is 4.55 Å². The van der Waals surface area contributed by atoms with Gasteiger partial charge in [0.1, 0.15) is 6.17 Å². The zero-order valence-electron chi connectivity index (χ0n) is 18.0. The Morgan fingerprint density at radius 1 is 1.03 bits per heavy atom. The van der Waals surface area contributed by atoms with Gasteiger partial charge in [-0.2, -0.15) is 0 Å². The van der Waals surface area contributed by atoms with Crippen LogP contribution in [0.3, 0.4) is 0 Å². The molecule has 0 heterocycles. The summed E-state index contributed by atoms with van der Waals surface area (Å²) in [5, 5.41) is 0. The van der Waals surface area contributed by atoms with Crippen LogP contribution in [0.25, 0.3) is 0 Å². The Morgan fingerprint density at radius 2 is 1.76 bits per heavy atom. The van der Waals surface area contributed by atoms with Gasteiger partial charge in [0.05, 0.1) is 0 Å². The van der Waals surface area contributed by atoms with Crippen LogP contribution < -0.4 is 4.72 Å². The Kier molecular flexibility index (Phi) is 6.16. The molecule has 9 unspecified atom stereocenters. The van der Waals surface area contributed by atoms with Crippen molar-refractivity contribution in [3.63, 3.8) is 0 Å². The van der Waals surface area contributed by atoms with E-state index < -0.39 is 23.3 Å². The monoisotopic (exact) mass is 426 g/mol. The third-order valence-corrected chi connectivity index (χ3v) is 10.3. The van der Waals surface area contributed by atoms with Gasteiger partial charge in [-0.25, -0.2) is 4.39 Å². The smallest absolute Gasteiger partial charge is 0.230 e. The van der Waals surface area contributed by atoms with Gasteiger partial charge in [0.2, 0.25) is 5.91 Å². The Bertz CT molecular complexity index is 660. The highest BCUT2D eigenvalue weighted by Crippen LogP contribution is 2.68. The zero-order valence-corrected chi connectivity index (χ0v) is 18.8. The van der Waals surface area contributed by atoms with E-state index in [-0.39, 0.29) is 17.8 Å². The number of hydrogen-bond donors (Lipinski definition) is 1. The summed E-state index contributed by atoms with van der Waals surface area (Å²) in [4.78, 5) is 11.6. The maximum absolute atomic E-state index is 14.7. The number of carbonyl (C=O) groups excluding carboxylic acids is 1. The summed E-state index contributed by atoms with van der Waals surface area (Å²) >= 11 is -2.51. The molecule has 0 aromatic heterocycles. The lowest BCUT2D eigenvalue weighted by Gasteiger charge is -2.61. The number of alkyl halides is 1. The van der Waals surface area contributed by atoms with Crippen molar-refractivity contribution in [2.24, 2.45) is 40.4 Å². The normalized spacial score (nSPS) is 47.6. The number of nitrogens with one attached hydrogen (secondary N) is 1. The molecule has 0 aliphatic heterocycles. The molecule has 0 aromatic rings. The molecular weight excluding hydrogens is 389 g/mol. The molecule has 9 atom stereocenters. The highest BCUT2D eigenvalue weighted by atomic mass is 32.2. The molecular formula is C23H37FNO3S-. The van der Waals surface area contributed by atoms with E-state index in [1.165, 1.54) is 38.5 Å². The number of hydrogen-bond acceptors (Lipinski definition) is 3. The average molecular weight is 427 g/mol. The van der Waals surface area contributed by atoms with Crippen LogP contribution >= 0.6 is 0 Å². The summed E-state index contributed by atoms with van der Waals surface area (Å²) in [6, 6.07) is 0. The maximum atomic E-state index is 14.7. The molecule has 29 heavy (non-hydrogen) atoms. The summed E-state index contributed by atoms with van der Waals surface area (Å²) in [6.07, 6.45) is 11.8. The van der Waals surface area contributed by atoms with E-state index in [1.807, 2.05) is 4.72 Å². The number of fused-ring (bicyclic) bond motifs is 5. The van der Waals surface area contributed by atoms with Gasteiger partial charge >= 0.3 is 0 Å². The van der Waals surface area contributed by atoms with E-state index in [9.17, 15) is 17.9 Å². The highest BCUT2D eigenvalue weighted by molar-refractivity contribution is 7.77. The minimum atomic E-state index is -2.51. The summed E-state index contributed by atoms with van der Waals surface area (Å²) in [6.45, 7) is 4.89. The van der Waals surface area contributed by atoms with Crippen molar-refractivity contribution in [1.82, 2.24) is 4.72 Å². The topological polar surface area (TPSA) is 69.2 Å². The van der Waals surface area contributed by atoms with Gasteiger partial charge in [-0.1, -0.05) is 13.8 Å². The lowest BCUT2D eigenvalue weighted by atomic mass is 9.44. The van der Waals surface area contributed by atoms with Crippen molar-refractivity contribution in [1.29, 1.82) is 0 Å². The van der Waals surface area contributed by atoms with E-state index in [2.05, 4.69) is 13.8 Å². The van der Waals surface area contributed by atoms with Crippen molar-refractivity contribution in [3.05, 3.63) is 0 Å². The fourth-order valence-electron chi connectivity index (χ4n) is 8.57. The Balaban J connectivity index is 1.41. The van der Waals surface area contributed by atoms with Crippen LogP contribution in [0.4, 0.5) is 4.39 Å². The number of halogens is 1. The second-order valence-electron chi connectivity index (χ2n) is 10.9. The van der Waals surface area contributed by atoms with Crippen molar-refractivity contribution in [2.75, 3.05) is 0 Å². The third kappa shape index (κ3) is 3.81. The fourth-order valence-corrected chi connectivity index (χ4v) is 8.85. The van der Waals surface area contributed by atoms with Crippen molar-refractivity contribution >= 4 is 17.2 Å². The Morgan fingerprint density at radius 3 is 2.52 bits per heavy atom. The van der Waals surface area contributed by atoms with Crippen molar-refractivity contribution in [2.45, 2.75) is 97.1 Å². The number of rotatable bonds is 5. The predicted molar refractivity (Wildman–Crippen MR) is 111 cm³/mol. The molecule has 4 saturated carbocycles. The summed E-state index contributed by atoms with van der Waals surface area (Å²) in [5.74, 6) is 2.69. The van der Waals surface area contributed by atoms with Crippen LogP contribution in [0, 0.1) is 40.4 Å². The maximum Gasteiger partial charge on any atom is 0.230 e. The molecule has 0 bridgehead atoms. The van der Waals surface area contributed by atoms with Gasteiger partial charge in [-0.15, -0.1) is 0 Å². The Labute approximate surface area is 177 Å². The first-order valence-corrected chi connectivity index (χ1v) is 12.9. The molecule has 0 spiro atoms. The molecule has 0 radical (unpaired) electrons. The summed E-state index contributed by atoms with van der Waals surface area (Å²) < 4.78 is 37.9.